The molecule has 0 amide bonds. The maximum atomic E-state index is 10.8. The molecule has 3 aromatic rings. The Morgan fingerprint density at radius 3 is 2.73 bits per heavy atom. The van der Waals surface area contributed by atoms with Crippen LogP contribution in [0.5, 0.6) is 0 Å². The van der Waals surface area contributed by atoms with Gasteiger partial charge in [0.1, 0.15) is 0 Å². The van der Waals surface area contributed by atoms with Gasteiger partial charge >= 0.3 is 0 Å². The standard InChI is InChI=1S/C19H21NOS/c21-18(13-20-9-4-1-5-10-20)17-12-14-6-2-3-7-15(14)16-8-11-22-19(16)17/h2-3,6-8,11-12,18,21H,1,4-5,9-10,13H2. The second-order valence-electron chi connectivity index (χ2n) is 6.23. The Bertz CT molecular complexity index is 788. The molecule has 1 atom stereocenters. The van der Waals surface area contributed by atoms with Gasteiger partial charge in [-0.3, -0.25) is 0 Å². The first-order valence-electron chi connectivity index (χ1n) is 8.12. The first-order chi connectivity index (χ1) is 10.8. The number of hydrogen-bond acceptors (Lipinski definition) is 3. The predicted octanol–water partition coefficient (Wildman–Crippen LogP) is 4.57. The quantitative estimate of drug-likeness (QED) is 0.765. The Balaban J connectivity index is 1.74. The Hall–Kier alpha value is -1.42. The fourth-order valence-corrected chi connectivity index (χ4v) is 4.55. The molecule has 2 heterocycles. The summed E-state index contributed by atoms with van der Waals surface area (Å²) in [5, 5.41) is 16.7. The van der Waals surface area contributed by atoms with Gasteiger partial charge in [0, 0.05) is 22.2 Å². The zero-order valence-corrected chi connectivity index (χ0v) is 13.5. The third-order valence-electron chi connectivity index (χ3n) is 4.73. The van der Waals surface area contributed by atoms with Crippen molar-refractivity contribution in [2.45, 2.75) is 25.4 Å². The summed E-state index contributed by atoms with van der Waals surface area (Å²) in [5.74, 6) is 0. The number of rotatable bonds is 3. The lowest BCUT2D eigenvalue weighted by molar-refractivity contribution is 0.103. The second kappa shape index (κ2) is 5.99. The minimum Gasteiger partial charge on any atom is -0.387 e. The van der Waals surface area contributed by atoms with E-state index in [9.17, 15) is 5.11 Å². The number of piperidine rings is 1. The van der Waals surface area contributed by atoms with Crippen LogP contribution in [0.15, 0.2) is 41.8 Å². The van der Waals surface area contributed by atoms with Crippen LogP contribution in [0, 0.1) is 0 Å². The maximum absolute atomic E-state index is 10.8. The van der Waals surface area contributed by atoms with E-state index >= 15 is 0 Å². The topological polar surface area (TPSA) is 23.5 Å². The molecule has 1 saturated heterocycles. The molecule has 0 spiro atoms. The van der Waals surface area contributed by atoms with Crippen molar-refractivity contribution in [1.82, 2.24) is 4.90 Å². The molecule has 1 N–H and O–H groups in total. The van der Waals surface area contributed by atoms with Crippen LogP contribution >= 0.6 is 11.3 Å². The van der Waals surface area contributed by atoms with Gasteiger partial charge in [-0.25, -0.2) is 0 Å². The van der Waals surface area contributed by atoms with E-state index in [4.69, 9.17) is 0 Å². The molecule has 114 valence electrons. The van der Waals surface area contributed by atoms with E-state index in [1.54, 1.807) is 11.3 Å². The summed E-state index contributed by atoms with van der Waals surface area (Å²) in [6.45, 7) is 3.00. The Morgan fingerprint density at radius 2 is 1.86 bits per heavy atom. The number of hydrogen-bond donors (Lipinski definition) is 1. The van der Waals surface area contributed by atoms with Gasteiger partial charge in [-0.05, 0) is 54.2 Å². The molecule has 0 saturated carbocycles. The maximum Gasteiger partial charge on any atom is 0.0930 e. The lowest BCUT2D eigenvalue weighted by atomic mass is 9.99. The van der Waals surface area contributed by atoms with Gasteiger partial charge in [-0.2, -0.15) is 0 Å². The summed E-state index contributed by atoms with van der Waals surface area (Å²) in [4.78, 5) is 2.41. The zero-order chi connectivity index (χ0) is 14.9. The zero-order valence-electron chi connectivity index (χ0n) is 12.7. The number of nitrogens with zero attached hydrogens (tertiary/aromatic N) is 1. The van der Waals surface area contributed by atoms with Gasteiger partial charge in [0.25, 0.3) is 0 Å². The van der Waals surface area contributed by atoms with Gasteiger partial charge in [0.05, 0.1) is 6.10 Å². The van der Waals surface area contributed by atoms with E-state index in [-0.39, 0.29) is 0 Å². The molecule has 1 aromatic heterocycles. The molecule has 1 aliphatic heterocycles. The minimum atomic E-state index is -0.399. The van der Waals surface area contributed by atoms with Crippen molar-refractivity contribution < 1.29 is 5.11 Å². The summed E-state index contributed by atoms with van der Waals surface area (Å²) in [7, 11) is 0. The van der Waals surface area contributed by atoms with E-state index in [1.165, 1.54) is 40.1 Å². The van der Waals surface area contributed by atoms with Crippen LogP contribution in [-0.4, -0.2) is 29.6 Å². The van der Waals surface area contributed by atoms with Crippen molar-refractivity contribution in [3.05, 3.63) is 47.3 Å². The van der Waals surface area contributed by atoms with E-state index in [1.807, 2.05) is 0 Å². The molecular formula is C19H21NOS. The van der Waals surface area contributed by atoms with Crippen molar-refractivity contribution >= 4 is 32.2 Å². The molecule has 1 unspecified atom stereocenters. The lowest BCUT2D eigenvalue weighted by Crippen LogP contribution is -2.33. The van der Waals surface area contributed by atoms with Crippen LogP contribution in [0.25, 0.3) is 20.9 Å². The average Bonchev–Trinajstić information content (AvgIpc) is 3.05. The highest BCUT2D eigenvalue weighted by Gasteiger charge is 2.19. The van der Waals surface area contributed by atoms with Gasteiger partial charge in [0.15, 0.2) is 0 Å². The second-order valence-corrected chi connectivity index (χ2v) is 7.14. The summed E-state index contributed by atoms with van der Waals surface area (Å²) in [6, 6.07) is 12.8. The molecule has 2 nitrogen and oxygen atoms in total. The third kappa shape index (κ3) is 2.54. The number of benzene rings is 2. The van der Waals surface area contributed by atoms with Crippen LogP contribution in [0.2, 0.25) is 0 Å². The number of fused-ring (bicyclic) bond motifs is 3. The van der Waals surface area contributed by atoms with E-state index in [0.29, 0.717) is 0 Å². The molecule has 4 rings (SSSR count). The first kappa shape index (κ1) is 14.2. The van der Waals surface area contributed by atoms with Gasteiger partial charge < -0.3 is 10.0 Å². The third-order valence-corrected chi connectivity index (χ3v) is 5.69. The molecule has 1 fully saturated rings. The van der Waals surface area contributed by atoms with Crippen molar-refractivity contribution in [2.75, 3.05) is 19.6 Å². The highest BCUT2D eigenvalue weighted by molar-refractivity contribution is 7.17. The van der Waals surface area contributed by atoms with Crippen LogP contribution in [0.1, 0.15) is 30.9 Å². The molecule has 0 bridgehead atoms. The summed E-state index contributed by atoms with van der Waals surface area (Å²) >= 11 is 1.74. The van der Waals surface area contributed by atoms with Crippen molar-refractivity contribution in [3.63, 3.8) is 0 Å². The average molecular weight is 311 g/mol. The Labute approximate surface area is 135 Å². The number of likely N-dealkylation sites (tertiary alicyclic amines) is 1. The van der Waals surface area contributed by atoms with Gasteiger partial charge in [-0.15, -0.1) is 11.3 Å². The Kier molecular flexibility index (Phi) is 3.87. The molecular weight excluding hydrogens is 290 g/mol. The molecule has 1 aliphatic rings. The smallest absolute Gasteiger partial charge is 0.0930 e. The fourth-order valence-electron chi connectivity index (χ4n) is 3.58. The summed E-state index contributed by atoms with van der Waals surface area (Å²) in [5.41, 5.74) is 1.09. The molecule has 2 aromatic carbocycles. The van der Waals surface area contributed by atoms with Crippen molar-refractivity contribution in [2.24, 2.45) is 0 Å². The minimum absolute atomic E-state index is 0.399. The monoisotopic (exact) mass is 311 g/mol. The van der Waals surface area contributed by atoms with Crippen LogP contribution in [-0.2, 0) is 0 Å². The van der Waals surface area contributed by atoms with Crippen molar-refractivity contribution in [1.29, 1.82) is 0 Å². The van der Waals surface area contributed by atoms with Crippen molar-refractivity contribution in [3.8, 4) is 0 Å². The Morgan fingerprint density at radius 1 is 1.05 bits per heavy atom. The van der Waals surface area contributed by atoms with E-state index in [2.05, 4.69) is 46.7 Å². The lowest BCUT2D eigenvalue weighted by Gasteiger charge is -2.28. The fraction of sp³-hybridized carbons (Fsp3) is 0.368. The normalized spacial score (nSPS) is 18.0. The summed E-state index contributed by atoms with van der Waals surface area (Å²) in [6.07, 6.45) is 3.46. The molecule has 0 aliphatic carbocycles. The van der Waals surface area contributed by atoms with Crippen LogP contribution < -0.4 is 0 Å². The molecule has 22 heavy (non-hydrogen) atoms. The number of thiophene rings is 1. The van der Waals surface area contributed by atoms with Gasteiger partial charge in [0.2, 0.25) is 0 Å². The number of aliphatic hydroxyl groups is 1. The summed E-state index contributed by atoms with van der Waals surface area (Å²) < 4.78 is 1.24. The molecule has 0 radical (unpaired) electrons. The number of β-amino-alcohol motifs (C(OH)–C–C–N with tert-alkyl or cyclic N) is 1. The highest BCUT2D eigenvalue weighted by atomic mass is 32.1. The van der Waals surface area contributed by atoms with Gasteiger partial charge in [-0.1, -0.05) is 30.7 Å². The highest BCUT2D eigenvalue weighted by Crippen LogP contribution is 2.35. The first-order valence-corrected chi connectivity index (χ1v) is 9.00. The van der Waals surface area contributed by atoms with Crippen LogP contribution in [0.4, 0.5) is 0 Å². The molecule has 3 heteroatoms. The largest absolute Gasteiger partial charge is 0.387 e. The van der Waals surface area contributed by atoms with E-state index in [0.717, 1.165) is 25.2 Å². The predicted molar refractivity (Wildman–Crippen MR) is 94.6 cm³/mol. The number of aliphatic hydroxyl groups excluding tert-OH is 1. The van der Waals surface area contributed by atoms with Crippen LogP contribution in [0.3, 0.4) is 0 Å². The van der Waals surface area contributed by atoms with E-state index < -0.39 is 6.10 Å². The SMILES string of the molecule is OC(CN1CCCCC1)c1cc2ccccc2c2ccsc12.